The lowest BCUT2D eigenvalue weighted by atomic mass is 10.4. The van der Waals surface area contributed by atoms with Gasteiger partial charge >= 0.3 is 0 Å². The molecule has 72 valence electrons. The second-order valence-corrected chi connectivity index (χ2v) is 1.15. The minimum Gasteiger partial charge on any atom is -0.0683 e. The minimum atomic E-state index is 2.00. The molecule has 0 heterocycles. The van der Waals surface area contributed by atoms with Crippen LogP contribution in [0.3, 0.4) is 0 Å². The largest absolute Gasteiger partial charge is 0.0683 e. The van der Waals surface area contributed by atoms with E-state index in [0.717, 1.165) is 0 Å². The monoisotopic (exact) mass is 392 g/mol. The Morgan fingerprint density at radius 1 is 0.500 bits per heavy atom. The second-order valence-electron chi connectivity index (χ2n) is 1.15. The smallest absolute Gasteiger partial charge is 0 e. The lowest BCUT2D eigenvalue weighted by molar-refractivity contribution is 1.50. The van der Waals surface area contributed by atoms with E-state index >= 15 is 0 Å². The van der Waals surface area contributed by atoms with Crippen LogP contribution < -0.4 is 0 Å². The van der Waals surface area contributed by atoms with Crippen LogP contribution in [0, 0.1) is 0 Å². The number of hydrogen-bond acceptors (Lipinski definition) is 0. The molecule has 1 aromatic rings. The summed E-state index contributed by atoms with van der Waals surface area (Å²) < 4.78 is 0. The van der Waals surface area contributed by atoms with E-state index in [1.807, 2.05) is 64.1 Å². The fourth-order valence-corrected chi connectivity index (χ4v) is 0.385. The highest BCUT2D eigenvalue weighted by atomic mass is 128. The van der Waals surface area contributed by atoms with Gasteiger partial charge < -0.3 is 0 Å². The summed E-state index contributed by atoms with van der Waals surface area (Å²) in [4.78, 5) is 0. The average molecular weight is 392 g/mol. The fourth-order valence-electron chi connectivity index (χ4n) is 0.385. The van der Waals surface area contributed by atoms with Crippen LogP contribution in [0.15, 0.2) is 36.4 Å². The lowest BCUT2D eigenvalue weighted by Gasteiger charge is -1.69. The van der Waals surface area contributed by atoms with E-state index in [-0.39, 0.29) is 0 Å². The van der Waals surface area contributed by atoms with Crippen LogP contribution >= 0.6 is 37.2 Å². The zero-order valence-corrected chi connectivity index (χ0v) is 12.5. The van der Waals surface area contributed by atoms with E-state index in [0.29, 0.717) is 0 Å². The molecule has 0 spiro atoms. The highest BCUT2D eigenvalue weighted by molar-refractivity contribution is 15.0. The zero-order valence-electron chi connectivity index (χ0n) is 8.22. The number of benzene rings is 1. The van der Waals surface area contributed by atoms with Gasteiger partial charge in [0.25, 0.3) is 0 Å². The highest BCUT2D eigenvalue weighted by Gasteiger charge is 1.57. The van der Waals surface area contributed by atoms with Crippen LogP contribution in [-0.2, 0) is 0 Å². The summed E-state index contributed by atoms with van der Waals surface area (Å²) >= 11 is 4.24. The van der Waals surface area contributed by atoms with Gasteiger partial charge in [-0.15, -0.1) is 0 Å². The molecule has 0 nitrogen and oxygen atoms in total. The van der Waals surface area contributed by atoms with Crippen molar-refractivity contribution in [1.82, 2.24) is 0 Å². The van der Waals surface area contributed by atoms with Crippen LogP contribution in [0.4, 0.5) is 0 Å². The maximum Gasteiger partial charge on any atom is 0 e. The summed E-state index contributed by atoms with van der Waals surface area (Å²) in [5, 5.41) is 0. The molecule has 0 bridgehead atoms. The van der Waals surface area contributed by atoms with Crippen molar-refractivity contribution >= 4 is 37.2 Å². The van der Waals surface area contributed by atoms with Gasteiger partial charge in [0.05, 0.1) is 0 Å². The molecule has 0 amide bonds. The van der Waals surface area contributed by atoms with Crippen LogP contribution in [0.25, 0.3) is 0 Å². The fraction of sp³-hybridized carbons (Fsp3) is 0.400. The summed E-state index contributed by atoms with van der Waals surface area (Å²) in [7, 11) is 0. The Morgan fingerprint density at radius 2 is 0.583 bits per heavy atom. The molecule has 1 aromatic carbocycles. The van der Waals surface area contributed by atoms with Crippen LogP contribution in [-0.4, -0.2) is 0 Å². The molecule has 0 fully saturated rings. The van der Waals surface area contributed by atoms with E-state index in [2.05, 4.69) is 37.2 Å². The first-order valence-electron chi connectivity index (χ1n) is 4.14. The van der Waals surface area contributed by atoms with Crippen molar-refractivity contribution in [1.29, 1.82) is 0 Å². The second kappa shape index (κ2) is 29.9. The SMILES string of the molecule is CC.CC.II.c1ccccc1. The van der Waals surface area contributed by atoms with Crippen molar-refractivity contribution in [2.24, 2.45) is 0 Å². The number of halogens is 2. The number of hydrogen-bond donors (Lipinski definition) is 0. The van der Waals surface area contributed by atoms with E-state index in [1.165, 1.54) is 0 Å². The topological polar surface area (TPSA) is 0 Å². The van der Waals surface area contributed by atoms with Gasteiger partial charge in [-0.25, -0.2) is 0 Å². The van der Waals surface area contributed by atoms with Crippen molar-refractivity contribution in [3.05, 3.63) is 36.4 Å². The summed E-state index contributed by atoms with van der Waals surface area (Å²) in [5.74, 6) is 0. The average Bonchev–Trinajstić information content (AvgIpc) is 2.29. The van der Waals surface area contributed by atoms with E-state index < -0.39 is 0 Å². The van der Waals surface area contributed by atoms with E-state index in [9.17, 15) is 0 Å². The van der Waals surface area contributed by atoms with Crippen LogP contribution in [0.2, 0.25) is 0 Å². The molecule has 0 saturated carbocycles. The third-order valence-electron chi connectivity index (χ3n) is 0.667. The standard InChI is InChI=1S/C6H6.2C2H6.I2/c1-2-4-6-5-3-1;3*1-2/h1-6H;2*1-2H3;. The molecule has 2 heteroatoms. The molecule has 0 aromatic heterocycles. The molecule has 0 radical (unpaired) electrons. The molecular weight excluding hydrogens is 374 g/mol. The normalized spacial score (nSPS) is 5.50. The van der Waals surface area contributed by atoms with Crippen molar-refractivity contribution in [2.75, 3.05) is 0 Å². The molecular formula is C10H18I2. The Balaban J connectivity index is -0.000000117. The minimum absolute atomic E-state index is 2.00. The Hall–Kier alpha value is 0.680. The molecule has 0 aliphatic heterocycles. The Bertz CT molecular complexity index is 79.8. The number of rotatable bonds is 0. The molecule has 0 aliphatic carbocycles. The predicted octanol–water partition coefficient (Wildman–Crippen LogP) is 5.51. The Labute approximate surface area is 100 Å². The van der Waals surface area contributed by atoms with Gasteiger partial charge in [0.15, 0.2) is 0 Å². The van der Waals surface area contributed by atoms with E-state index in [4.69, 9.17) is 0 Å². The predicted molar refractivity (Wildman–Crippen MR) is 77.2 cm³/mol. The Kier molecular flexibility index (Phi) is 45.9. The summed E-state index contributed by atoms with van der Waals surface area (Å²) in [6, 6.07) is 12.0. The zero-order chi connectivity index (χ0) is 10.2. The molecule has 12 heavy (non-hydrogen) atoms. The van der Waals surface area contributed by atoms with Crippen molar-refractivity contribution in [2.45, 2.75) is 27.7 Å². The summed E-state index contributed by atoms with van der Waals surface area (Å²) in [6.45, 7) is 8.00. The molecule has 0 saturated heterocycles. The van der Waals surface area contributed by atoms with Gasteiger partial charge in [-0.3, -0.25) is 0 Å². The van der Waals surface area contributed by atoms with Crippen LogP contribution in [0.1, 0.15) is 27.7 Å². The van der Waals surface area contributed by atoms with Crippen LogP contribution in [0.5, 0.6) is 0 Å². The Morgan fingerprint density at radius 3 is 0.667 bits per heavy atom. The molecule has 0 aliphatic rings. The first-order valence-corrected chi connectivity index (χ1v) is 10.4. The van der Waals surface area contributed by atoms with Gasteiger partial charge in [-0.1, -0.05) is 64.1 Å². The molecule has 0 unspecified atom stereocenters. The maximum absolute atomic E-state index is 2.12. The van der Waals surface area contributed by atoms with Gasteiger partial charge in [0.1, 0.15) is 0 Å². The van der Waals surface area contributed by atoms with Crippen molar-refractivity contribution in [3.63, 3.8) is 0 Å². The van der Waals surface area contributed by atoms with Gasteiger partial charge in [0.2, 0.25) is 0 Å². The molecule has 0 atom stereocenters. The first-order chi connectivity index (χ1) is 6.00. The van der Waals surface area contributed by atoms with Gasteiger partial charge in [-0.05, 0) is 0 Å². The van der Waals surface area contributed by atoms with Gasteiger partial charge in [-0.2, -0.15) is 0 Å². The quantitative estimate of drug-likeness (QED) is 0.511. The summed E-state index contributed by atoms with van der Waals surface area (Å²) in [6.07, 6.45) is 0. The van der Waals surface area contributed by atoms with Gasteiger partial charge in [0, 0.05) is 37.2 Å². The highest BCUT2D eigenvalue weighted by Crippen LogP contribution is 1.89. The van der Waals surface area contributed by atoms with Crippen molar-refractivity contribution < 1.29 is 0 Å². The molecule has 1 rings (SSSR count). The first kappa shape index (κ1) is 18.5. The summed E-state index contributed by atoms with van der Waals surface area (Å²) in [5.41, 5.74) is 0. The lowest BCUT2D eigenvalue weighted by Crippen LogP contribution is -1.47. The third kappa shape index (κ3) is 22.4. The molecule has 0 N–H and O–H groups in total. The maximum atomic E-state index is 2.12. The van der Waals surface area contributed by atoms with E-state index in [1.54, 1.807) is 0 Å². The van der Waals surface area contributed by atoms with Crippen molar-refractivity contribution in [3.8, 4) is 0 Å². The third-order valence-corrected chi connectivity index (χ3v) is 0.667.